The summed E-state index contributed by atoms with van der Waals surface area (Å²) in [7, 11) is 0. The van der Waals surface area contributed by atoms with Gasteiger partial charge in [0.1, 0.15) is 6.61 Å². The first-order chi connectivity index (χ1) is 13.0. The first-order valence-corrected chi connectivity index (χ1v) is 9.14. The fraction of sp³-hybridized carbons (Fsp3) is 0.381. The Kier molecular flexibility index (Phi) is 5.86. The monoisotopic (exact) mass is 367 g/mol. The van der Waals surface area contributed by atoms with Gasteiger partial charge in [-0.05, 0) is 43.5 Å². The van der Waals surface area contributed by atoms with Crippen LogP contribution in [-0.2, 0) is 20.9 Å². The molecule has 1 aromatic carbocycles. The minimum absolute atomic E-state index is 0.0376. The van der Waals surface area contributed by atoms with Gasteiger partial charge in [0.15, 0.2) is 6.10 Å². The molecule has 2 unspecified atom stereocenters. The van der Waals surface area contributed by atoms with E-state index >= 15 is 0 Å². The average molecular weight is 367 g/mol. The van der Waals surface area contributed by atoms with Crippen LogP contribution in [0.1, 0.15) is 36.6 Å². The van der Waals surface area contributed by atoms with Gasteiger partial charge in [0.25, 0.3) is 5.91 Å². The zero-order valence-electron chi connectivity index (χ0n) is 15.9. The van der Waals surface area contributed by atoms with E-state index < -0.39 is 12.1 Å². The van der Waals surface area contributed by atoms with Crippen molar-refractivity contribution in [3.8, 4) is 0 Å². The standard InChI is InChI=1S/C21H25N3O3/c1-14(2)24-18(25)13-27-20(19(24)16-7-5-4-6-8-16)21(26)23-12-17-9-10-22-11-15(17)3/h4-11,14,19-20H,12-13H2,1-3H3,(H,23,26). The van der Waals surface area contributed by atoms with E-state index in [4.69, 9.17) is 4.74 Å². The molecule has 2 atom stereocenters. The number of carbonyl (C=O) groups is 2. The number of rotatable bonds is 5. The molecule has 0 radical (unpaired) electrons. The molecular weight excluding hydrogens is 342 g/mol. The van der Waals surface area contributed by atoms with E-state index in [9.17, 15) is 9.59 Å². The summed E-state index contributed by atoms with van der Waals surface area (Å²) in [5, 5.41) is 2.95. The Morgan fingerprint density at radius 1 is 1.30 bits per heavy atom. The number of pyridine rings is 1. The molecule has 0 aliphatic carbocycles. The van der Waals surface area contributed by atoms with Gasteiger partial charge in [-0.15, -0.1) is 0 Å². The first-order valence-electron chi connectivity index (χ1n) is 9.14. The zero-order chi connectivity index (χ0) is 19.4. The molecule has 27 heavy (non-hydrogen) atoms. The van der Waals surface area contributed by atoms with Crippen LogP contribution in [0.2, 0.25) is 0 Å². The minimum Gasteiger partial charge on any atom is -0.356 e. The highest BCUT2D eigenvalue weighted by atomic mass is 16.5. The molecule has 1 aliphatic rings. The van der Waals surface area contributed by atoms with Gasteiger partial charge in [-0.3, -0.25) is 14.6 Å². The van der Waals surface area contributed by atoms with E-state index in [-0.39, 0.29) is 24.5 Å². The minimum atomic E-state index is -0.755. The number of hydrogen-bond donors (Lipinski definition) is 1. The summed E-state index contributed by atoms with van der Waals surface area (Å²) < 4.78 is 5.70. The predicted octanol–water partition coefficient (Wildman–Crippen LogP) is 2.38. The second kappa shape index (κ2) is 8.31. The lowest BCUT2D eigenvalue weighted by Gasteiger charge is -2.42. The van der Waals surface area contributed by atoms with Crippen molar-refractivity contribution in [3.63, 3.8) is 0 Å². The van der Waals surface area contributed by atoms with Crippen molar-refractivity contribution < 1.29 is 14.3 Å². The lowest BCUT2D eigenvalue weighted by molar-refractivity contribution is -0.167. The highest BCUT2D eigenvalue weighted by Crippen LogP contribution is 2.32. The van der Waals surface area contributed by atoms with Crippen LogP contribution in [0.25, 0.3) is 0 Å². The van der Waals surface area contributed by atoms with Crippen molar-refractivity contribution in [2.45, 2.75) is 45.5 Å². The van der Waals surface area contributed by atoms with E-state index in [0.29, 0.717) is 6.54 Å². The van der Waals surface area contributed by atoms with Crippen LogP contribution >= 0.6 is 0 Å². The predicted molar refractivity (Wildman–Crippen MR) is 102 cm³/mol. The van der Waals surface area contributed by atoms with Crippen LogP contribution in [0.5, 0.6) is 0 Å². The number of nitrogens with one attached hydrogen (secondary N) is 1. The van der Waals surface area contributed by atoms with Gasteiger partial charge in [0, 0.05) is 25.0 Å². The van der Waals surface area contributed by atoms with E-state index in [1.54, 1.807) is 17.3 Å². The van der Waals surface area contributed by atoms with Gasteiger partial charge in [-0.2, -0.15) is 0 Å². The number of hydrogen-bond acceptors (Lipinski definition) is 4. The average Bonchev–Trinajstić information content (AvgIpc) is 2.67. The maximum absolute atomic E-state index is 13.0. The second-order valence-electron chi connectivity index (χ2n) is 7.00. The van der Waals surface area contributed by atoms with Crippen molar-refractivity contribution in [2.75, 3.05) is 6.61 Å². The summed E-state index contributed by atoms with van der Waals surface area (Å²) in [5.41, 5.74) is 2.91. The third kappa shape index (κ3) is 4.17. The fourth-order valence-corrected chi connectivity index (χ4v) is 3.43. The Hall–Kier alpha value is -2.73. The number of nitrogens with zero attached hydrogens (tertiary/aromatic N) is 2. The summed E-state index contributed by atoms with van der Waals surface area (Å²) in [5.74, 6) is -0.328. The topological polar surface area (TPSA) is 71.5 Å². The Balaban J connectivity index is 1.84. The molecule has 0 bridgehead atoms. The summed E-state index contributed by atoms with van der Waals surface area (Å²) in [6.45, 7) is 6.17. The third-order valence-electron chi connectivity index (χ3n) is 4.81. The summed E-state index contributed by atoms with van der Waals surface area (Å²) in [4.78, 5) is 31.2. The SMILES string of the molecule is Cc1cnccc1CNC(=O)C1OCC(=O)N(C(C)C)C1c1ccccc1. The van der Waals surface area contributed by atoms with E-state index in [0.717, 1.165) is 16.7 Å². The van der Waals surface area contributed by atoms with Crippen LogP contribution in [0.15, 0.2) is 48.8 Å². The molecule has 3 rings (SSSR count). The number of ether oxygens (including phenoxy) is 1. The molecule has 2 amide bonds. The van der Waals surface area contributed by atoms with Gasteiger partial charge in [-0.25, -0.2) is 0 Å². The third-order valence-corrected chi connectivity index (χ3v) is 4.81. The fourth-order valence-electron chi connectivity index (χ4n) is 3.43. The molecule has 142 valence electrons. The molecule has 1 aromatic heterocycles. The highest BCUT2D eigenvalue weighted by Gasteiger charge is 2.42. The summed E-state index contributed by atoms with van der Waals surface area (Å²) >= 11 is 0. The molecule has 1 aliphatic heterocycles. The zero-order valence-corrected chi connectivity index (χ0v) is 15.9. The Bertz CT molecular complexity index is 807. The number of amides is 2. The molecule has 2 heterocycles. The highest BCUT2D eigenvalue weighted by molar-refractivity contribution is 5.86. The van der Waals surface area contributed by atoms with E-state index in [1.807, 2.05) is 57.2 Å². The number of carbonyl (C=O) groups excluding carboxylic acids is 2. The number of benzene rings is 1. The molecule has 1 saturated heterocycles. The van der Waals surface area contributed by atoms with E-state index in [2.05, 4.69) is 10.3 Å². The van der Waals surface area contributed by atoms with Crippen molar-refractivity contribution >= 4 is 11.8 Å². The quantitative estimate of drug-likeness (QED) is 0.881. The van der Waals surface area contributed by atoms with Crippen molar-refractivity contribution in [3.05, 3.63) is 65.5 Å². The molecule has 1 fully saturated rings. The molecule has 0 saturated carbocycles. The van der Waals surface area contributed by atoms with E-state index in [1.165, 1.54) is 0 Å². The van der Waals surface area contributed by atoms with Crippen LogP contribution in [0.4, 0.5) is 0 Å². The molecular formula is C21H25N3O3. The smallest absolute Gasteiger partial charge is 0.251 e. The Labute approximate surface area is 159 Å². The lowest BCUT2D eigenvalue weighted by atomic mass is 9.95. The van der Waals surface area contributed by atoms with Gasteiger partial charge in [0.05, 0.1) is 6.04 Å². The first kappa shape index (κ1) is 19.0. The molecule has 6 nitrogen and oxygen atoms in total. The van der Waals surface area contributed by atoms with Gasteiger partial charge in [0.2, 0.25) is 5.91 Å². The van der Waals surface area contributed by atoms with Gasteiger partial charge in [-0.1, -0.05) is 30.3 Å². The van der Waals surface area contributed by atoms with Gasteiger partial charge < -0.3 is 15.0 Å². The Morgan fingerprint density at radius 3 is 2.70 bits per heavy atom. The lowest BCUT2D eigenvalue weighted by Crippen LogP contribution is -2.56. The van der Waals surface area contributed by atoms with Crippen molar-refractivity contribution in [1.82, 2.24) is 15.2 Å². The van der Waals surface area contributed by atoms with Crippen molar-refractivity contribution in [2.24, 2.45) is 0 Å². The van der Waals surface area contributed by atoms with Crippen LogP contribution in [0, 0.1) is 6.92 Å². The van der Waals surface area contributed by atoms with Crippen LogP contribution in [-0.4, -0.2) is 40.5 Å². The van der Waals surface area contributed by atoms with Crippen LogP contribution in [0.3, 0.4) is 0 Å². The molecule has 6 heteroatoms. The van der Waals surface area contributed by atoms with Crippen molar-refractivity contribution in [1.29, 1.82) is 0 Å². The maximum Gasteiger partial charge on any atom is 0.251 e. The summed E-state index contributed by atoms with van der Waals surface area (Å²) in [6, 6.07) is 11.0. The molecule has 1 N–H and O–H groups in total. The maximum atomic E-state index is 13.0. The number of aryl methyl sites for hydroxylation is 1. The van der Waals surface area contributed by atoms with Crippen LogP contribution < -0.4 is 5.32 Å². The molecule has 2 aromatic rings. The summed E-state index contributed by atoms with van der Waals surface area (Å²) in [6.07, 6.45) is 2.72. The number of morpholine rings is 1. The second-order valence-corrected chi connectivity index (χ2v) is 7.00. The largest absolute Gasteiger partial charge is 0.356 e. The normalized spacial score (nSPS) is 20.0. The van der Waals surface area contributed by atoms with Gasteiger partial charge >= 0.3 is 0 Å². The molecule has 0 spiro atoms. The Morgan fingerprint density at radius 2 is 2.04 bits per heavy atom. The number of aromatic nitrogens is 1.